The zero-order valence-electron chi connectivity index (χ0n) is 24.7. The van der Waals surface area contributed by atoms with Crippen LogP contribution in [0.2, 0.25) is 0 Å². The first-order valence-electron chi connectivity index (χ1n) is 13.6. The first-order chi connectivity index (χ1) is 18.9. The summed E-state index contributed by atoms with van der Waals surface area (Å²) in [6.07, 6.45) is 5.63. The molecule has 2 aromatic carbocycles. The lowest BCUT2D eigenvalue weighted by Crippen LogP contribution is -2.27. The number of hydrogen-bond donors (Lipinski definition) is 3. The normalized spacial score (nSPS) is 17.9. The van der Waals surface area contributed by atoms with Gasteiger partial charge in [0.15, 0.2) is 28.9 Å². The molecule has 0 aliphatic heterocycles. The van der Waals surface area contributed by atoms with Gasteiger partial charge in [0.05, 0.1) is 26.2 Å². The fourth-order valence-electron chi connectivity index (χ4n) is 4.02. The predicted molar refractivity (Wildman–Crippen MR) is 162 cm³/mol. The quantitative estimate of drug-likeness (QED) is 0.323. The number of nitrogens with two attached hydrogens (primary N) is 1. The van der Waals surface area contributed by atoms with Crippen molar-refractivity contribution in [2.45, 2.75) is 102 Å². The van der Waals surface area contributed by atoms with Crippen LogP contribution in [0.5, 0.6) is 11.5 Å². The molecule has 2 aliphatic rings. The van der Waals surface area contributed by atoms with Crippen molar-refractivity contribution < 1.29 is 32.2 Å². The third-order valence-corrected chi connectivity index (χ3v) is 9.19. The number of phenols is 2. The van der Waals surface area contributed by atoms with Crippen molar-refractivity contribution in [1.82, 2.24) is 0 Å². The molecule has 0 amide bonds. The van der Waals surface area contributed by atoms with Crippen LogP contribution >= 0.6 is 0 Å². The predicted octanol–water partition coefficient (Wildman–Crippen LogP) is 6.36. The van der Waals surface area contributed by atoms with E-state index in [9.17, 15) is 27.1 Å². The molecule has 2 aliphatic carbocycles. The maximum Gasteiger partial charge on any atom is 0.168 e. The maximum atomic E-state index is 14.0. The third-order valence-electron chi connectivity index (χ3n) is 6.55. The highest BCUT2D eigenvalue weighted by Crippen LogP contribution is 2.30. The van der Waals surface area contributed by atoms with Gasteiger partial charge in [0.2, 0.25) is 0 Å². The molecule has 0 bridgehead atoms. The number of carbonyl (C=O) groups excluding carboxylic acids is 1. The van der Waals surface area contributed by atoms with Gasteiger partial charge in [-0.05, 0) is 111 Å². The second-order valence-electron chi connectivity index (χ2n) is 12.0. The van der Waals surface area contributed by atoms with Gasteiger partial charge in [-0.2, -0.15) is 4.40 Å². The van der Waals surface area contributed by atoms with Crippen molar-refractivity contribution in [2.24, 2.45) is 9.54 Å². The molecule has 0 fully saturated rings. The number of nitrogens with zero attached hydrogens (tertiary/aromatic N) is 1. The number of rotatable bonds is 1. The first-order valence-corrected chi connectivity index (χ1v) is 16.0. The van der Waals surface area contributed by atoms with Crippen molar-refractivity contribution in [3.8, 4) is 11.5 Å². The van der Waals surface area contributed by atoms with E-state index < -0.39 is 38.4 Å². The highest BCUT2D eigenvalue weighted by molar-refractivity contribution is 7.85. The zero-order valence-corrected chi connectivity index (χ0v) is 26.3. The summed E-state index contributed by atoms with van der Waals surface area (Å²) in [7, 11) is -2.54. The number of fused-ring (bicyclic) bond motifs is 2. The summed E-state index contributed by atoms with van der Waals surface area (Å²) in [5.41, 5.74) is 2.69. The minimum Gasteiger partial charge on any atom is -0.505 e. The summed E-state index contributed by atoms with van der Waals surface area (Å²) >= 11 is 0. The van der Waals surface area contributed by atoms with Gasteiger partial charge in [-0.1, -0.05) is 0 Å². The van der Waals surface area contributed by atoms with Crippen LogP contribution in [0.4, 0.5) is 8.78 Å². The smallest absolute Gasteiger partial charge is 0.168 e. The zero-order chi connectivity index (χ0) is 31.1. The molecule has 0 aromatic heterocycles. The van der Waals surface area contributed by atoms with Gasteiger partial charge < -0.3 is 10.2 Å². The van der Waals surface area contributed by atoms with E-state index in [0.29, 0.717) is 53.6 Å². The summed E-state index contributed by atoms with van der Waals surface area (Å²) < 4.78 is 53.6. The standard InChI is InChI=1S/C15H20FNO2S.C11H11FO2.C4H11NOS/c1-15(2,3)20(19)17-12-7-5-4-6-11-10(12)8-9-13(18)14(11)16;12-11-8-3-1-2-4-9(13)7(8)5-6-10(11)14;1-4(2,3)7(5)6/h8-9,18H,4-7H2,1-3H3;5-6,14H,1-4H2;5H2,1-3H3/t20-;;7-/m0.0/s1. The van der Waals surface area contributed by atoms with E-state index >= 15 is 0 Å². The molecular formula is C30H42F2N2O5S2. The minimum atomic E-state index is -1.36. The van der Waals surface area contributed by atoms with Crippen LogP contribution in [-0.2, 0) is 34.8 Å². The fraction of sp³-hybridized carbons (Fsp3) is 0.533. The van der Waals surface area contributed by atoms with Gasteiger partial charge in [-0.15, -0.1) is 0 Å². The van der Waals surface area contributed by atoms with Gasteiger partial charge in [0.25, 0.3) is 0 Å². The van der Waals surface area contributed by atoms with E-state index in [0.717, 1.165) is 25.7 Å². The Morgan fingerprint density at radius 2 is 1.15 bits per heavy atom. The number of hydrogen-bond acceptors (Lipinski definition) is 5. The molecular weight excluding hydrogens is 570 g/mol. The molecule has 0 heterocycles. The lowest BCUT2D eigenvalue weighted by molar-refractivity contribution is 0.0981. The summed E-state index contributed by atoms with van der Waals surface area (Å²) in [6, 6.07) is 5.78. The number of benzene rings is 2. The number of ketones is 1. The van der Waals surface area contributed by atoms with Crippen molar-refractivity contribution in [1.29, 1.82) is 0 Å². The Bertz CT molecular complexity index is 1330. The second kappa shape index (κ2) is 14.6. The van der Waals surface area contributed by atoms with Gasteiger partial charge in [-0.3, -0.25) is 9.93 Å². The SMILES string of the molecule is CC(C)(C)[S@@](N)=O.CC(C)(C)[S@](=O)N=C1CCCCc2c1ccc(O)c2F.O=C1CCCCc2c1ccc(O)c2F. The van der Waals surface area contributed by atoms with Crippen molar-refractivity contribution >= 4 is 33.5 Å². The molecule has 7 nitrogen and oxygen atoms in total. The number of aromatic hydroxyl groups is 2. The Hall–Kier alpha value is -2.50. The third kappa shape index (κ3) is 9.78. The Morgan fingerprint density at radius 3 is 1.61 bits per heavy atom. The van der Waals surface area contributed by atoms with E-state index in [-0.39, 0.29) is 22.0 Å². The summed E-state index contributed by atoms with van der Waals surface area (Å²) in [4.78, 5) is 11.5. The van der Waals surface area contributed by atoms with Crippen LogP contribution in [0.1, 0.15) is 107 Å². The Morgan fingerprint density at radius 1 is 0.732 bits per heavy atom. The molecule has 0 spiro atoms. The molecule has 0 saturated heterocycles. The Kier molecular flexibility index (Phi) is 12.4. The number of Topliss-reactive ketones (excluding diaryl/α,β-unsaturated/α-hetero) is 1. The maximum absolute atomic E-state index is 14.0. The minimum absolute atomic E-state index is 0.0172. The van der Waals surface area contributed by atoms with Gasteiger partial charge in [0, 0.05) is 28.7 Å². The topological polar surface area (TPSA) is 130 Å². The molecule has 4 N–H and O–H groups in total. The molecule has 0 unspecified atom stereocenters. The lowest BCUT2D eigenvalue weighted by Gasteiger charge is -2.16. The molecule has 11 heteroatoms. The summed E-state index contributed by atoms with van der Waals surface area (Å²) in [5, 5.41) is 23.7. The van der Waals surface area contributed by atoms with Crippen molar-refractivity contribution in [3.05, 3.63) is 58.2 Å². The molecule has 2 aromatic rings. The fourth-order valence-corrected chi connectivity index (χ4v) is 4.68. The number of phenolic OH excluding ortho intramolecular Hbond substituents is 2. The average Bonchev–Trinajstić information content (AvgIpc) is 3.20. The molecule has 0 saturated carbocycles. The lowest BCUT2D eigenvalue weighted by atomic mass is 10.0. The largest absolute Gasteiger partial charge is 0.505 e. The molecule has 4 rings (SSSR count). The number of carbonyl (C=O) groups is 1. The Labute approximate surface area is 246 Å². The summed E-state index contributed by atoms with van der Waals surface area (Å²) in [5.74, 6) is -1.91. The van der Waals surface area contributed by atoms with Crippen LogP contribution in [0.25, 0.3) is 0 Å². The average molecular weight is 613 g/mol. The molecule has 0 radical (unpaired) electrons. The highest BCUT2D eigenvalue weighted by Gasteiger charge is 2.24. The van der Waals surface area contributed by atoms with Crippen molar-refractivity contribution in [2.75, 3.05) is 0 Å². The molecule has 228 valence electrons. The van der Waals surface area contributed by atoms with Crippen molar-refractivity contribution in [3.63, 3.8) is 0 Å². The second-order valence-corrected chi connectivity index (χ2v) is 15.7. The van der Waals surface area contributed by atoms with E-state index in [1.807, 2.05) is 41.5 Å². The number of halogens is 2. The van der Waals surface area contributed by atoms with Crippen LogP contribution in [0.15, 0.2) is 28.7 Å². The monoisotopic (exact) mass is 612 g/mol. The van der Waals surface area contributed by atoms with Gasteiger partial charge >= 0.3 is 0 Å². The van der Waals surface area contributed by atoms with E-state index in [4.69, 9.17) is 10.2 Å². The van der Waals surface area contributed by atoms with E-state index in [1.165, 1.54) is 18.2 Å². The van der Waals surface area contributed by atoms with E-state index in [2.05, 4.69) is 4.40 Å². The van der Waals surface area contributed by atoms with Crippen LogP contribution in [0.3, 0.4) is 0 Å². The molecule has 2 atom stereocenters. The van der Waals surface area contributed by atoms with Crippen LogP contribution in [-0.4, -0.2) is 39.6 Å². The van der Waals surface area contributed by atoms with Crippen LogP contribution in [0, 0.1) is 11.6 Å². The summed E-state index contributed by atoms with van der Waals surface area (Å²) in [6.45, 7) is 11.1. The highest BCUT2D eigenvalue weighted by atomic mass is 32.2. The van der Waals surface area contributed by atoms with Gasteiger partial charge in [0.1, 0.15) is 11.0 Å². The van der Waals surface area contributed by atoms with Crippen LogP contribution < -0.4 is 5.14 Å². The van der Waals surface area contributed by atoms with Gasteiger partial charge in [-0.25, -0.2) is 17.2 Å². The Balaban J connectivity index is 0.000000242. The van der Waals surface area contributed by atoms with E-state index in [1.54, 1.807) is 6.07 Å². The first kappa shape index (κ1) is 34.7. The molecule has 41 heavy (non-hydrogen) atoms.